The van der Waals surface area contributed by atoms with Gasteiger partial charge in [-0.2, -0.15) is 5.10 Å². The first-order valence-corrected chi connectivity index (χ1v) is 11.1. The molecule has 4 aromatic rings. The van der Waals surface area contributed by atoms with Crippen LogP contribution in [0, 0.1) is 6.92 Å². The Morgan fingerprint density at radius 1 is 0.941 bits per heavy atom. The van der Waals surface area contributed by atoms with E-state index < -0.39 is 6.10 Å². The summed E-state index contributed by atoms with van der Waals surface area (Å²) in [4.78, 5) is 13.1. The van der Waals surface area contributed by atoms with E-state index in [4.69, 9.17) is 12.2 Å². The van der Waals surface area contributed by atoms with Gasteiger partial charge >= 0.3 is 0 Å². The average Bonchev–Trinajstić information content (AvgIpc) is 3.08. The van der Waals surface area contributed by atoms with Gasteiger partial charge in [0, 0.05) is 12.6 Å². The summed E-state index contributed by atoms with van der Waals surface area (Å²) in [6.07, 6.45) is -0.965. The Bertz CT molecular complexity index is 1360. The standard InChI is InChI=1S/C26H25N5O2S/c1-18-22(25(33)31(30(18)2)21-16-10-5-11-17-21)27-26(34)29-28-23(19-12-6-3-7-13-19)24(32)20-14-8-4-9-15-20/h3-17,24,32H,1-2H3,(H2,27,29,34)/b28-23-/t24-/m1/s1. The number of thiocarbonyl (C=S) groups is 1. The van der Waals surface area contributed by atoms with Crippen molar-refractivity contribution in [2.75, 3.05) is 5.32 Å². The Kier molecular flexibility index (Phi) is 7.01. The van der Waals surface area contributed by atoms with E-state index in [0.29, 0.717) is 17.0 Å². The summed E-state index contributed by atoms with van der Waals surface area (Å²) in [6, 6.07) is 28.0. The van der Waals surface area contributed by atoms with Gasteiger partial charge in [0.05, 0.1) is 11.4 Å². The molecule has 0 saturated heterocycles. The zero-order valence-electron chi connectivity index (χ0n) is 18.8. The van der Waals surface area contributed by atoms with Crippen molar-refractivity contribution < 1.29 is 5.11 Å². The summed E-state index contributed by atoms with van der Waals surface area (Å²) in [5.41, 5.74) is 6.24. The third-order valence-electron chi connectivity index (χ3n) is 5.51. The highest BCUT2D eigenvalue weighted by atomic mass is 32.1. The minimum absolute atomic E-state index is 0.139. The molecular weight excluding hydrogens is 446 g/mol. The third kappa shape index (κ3) is 4.83. The fourth-order valence-corrected chi connectivity index (χ4v) is 3.80. The molecule has 8 heteroatoms. The molecule has 1 atom stereocenters. The van der Waals surface area contributed by atoms with Gasteiger partial charge in [-0.15, -0.1) is 0 Å². The lowest BCUT2D eigenvalue weighted by Gasteiger charge is -2.15. The second-order valence-electron chi connectivity index (χ2n) is 7.68. The molecule has 0 spiro atoms. The van der Waals surface area contributed by atoms with Gasteiger partial charge in [-0.05, 0) is 36.8 Å². The minimum atomic E-state index is -0.965. The molecule has 0 fully saturated rings. The van der Waals surface area contributed by atoms with Crippen LogP contribution in [0.25, 0.3) is 5.69 Å². The van der Waals surface area contributed by atoms with Crippen molar-refractivity contribution in [2.24, 2.45) is 12.1 Å². The first-order valence-electron chi connectivity index (χ1n) is 10.7. The van der Waals surface area contributed by atoms with Crippen LogP contribution in [0.2, 0.25) is 0 Å². The van der Waals surface area contributed by atoms with Gasteiger partial charge in [0.1, 0.15) is 17.5 Å². The molecule has 34 heavy (non-hydrogen) atoms. The van der Waals surface area contributed by atoms with Crippen LogP contribution in [0.4, 0.5) is 5.69 Å². The van der Waals surface area contributed by atoms with Crippen LogP contribution >= 0.6 is 12.2 Å². The largest absolute Gasteiger partial charge is 0.382 e. The normalized spacial score (nSPS) is 12.3. The number of hydrazone groups is 1. The van der Waals surface area contributed by atoms with Gasteiger partial charge in [0.25, 0.3) is 5.56 Å². The quantitative estimate of drug-likeness (QED) is 0.226. The maximum atomic E-state index is 13.1. The molecule has 172 valence electrons. The molecule has 0 bridgehead atoms. The molecule has 0 aliphatic heterocycles. The van der Waals surface area contributed by atoms with E-state index in [0.717, 1.165) is 16.9 Å². The Morgan fingerprint density at radius 2 is 1.50 bits per heavy atom. The van der Waals surface area contributed by atoms with Crippen LogP contribution in [0.15, 0.2) is 101 Å². The van der Waals surface area contributed by atoms with Gasteiger partial charge in [-0.25, -0.2) is 4.68 Å². The highest BCUT2D eigenvalue weighted by molar-refractivity contribution is 7.80. The van der Waals surface area contributed by atoms with Gasteiger partial charge in [0.15, 0.2) is 5.11 Å². The van der Waals surface area contributed by atoms with Crippen LogP contribution in [0.5, 0.6) is 0 Å². The van der Waals surface area contributed by atoms with E-state index in [1.54, 1.807) is 9.36 Å². The summed E-state index contributed by atoms with van der Waals surface area (Å²) in [6.45, 7) is 1.84. The maximum Gasteiger partial charge on any atom is 0.295 e. The molecular formula is C26H25N5O2S. The van der Waals surface area contributed by atoms with Crippen molar-refractivity contribution >= 4 is 28.7 Å². The molecule has 1 heterocycles. The molecule has 3 N–H and O–H groups in total. The fourth-order valence-electron chi connectivity index (χ4n) is 3.65. The number of para-hydroxylation sites is 1. The molecule has 0 radical (unpaired) electrons. The monoisotopic (exact) mass is 471 g/mol. The lowest BCUT2D eigenvalue weighted by atomic mass is 9.99. The topological polar surface area (TPSA) is 83.6 Å². The lowest BCUT2D eigenvalue weighted by Crippen LogP contribution is -2.29. The summed E-state index contributed by atoms with van der Waals surface area (Å²) in [5, 5.41) is 18.5. The predicted octanol–water partition coefficient (Wildman–Crippen LogP) is 3.91. The Labute approximate surface area is 203 Å². The van der Waals surface area contributed by atoms with Crippen molar-refractivity contribution in [3.63, 3.8) is 0 Å². The van der Waals surface area contributed by atoms with Crippen molar-refractivity contribution in [1.82, 2.24) is 14.8 Å². The molecule has 7 nitrogen and oxygen atoms in total. The van der Waals surface area contributed by atoms with Crippen molar-refractivity contribution in [3.8, 4) is 5.69 Å². The molecule has 0 aliphatic rings. The average molecular weight is 472 g/mol. The molecule has 0 amide bonds. The maximum absolute atomic E-state index is 13.1. The van der Waals surface area contributed by atoms with Gasteiger partial charge in [0.2, 0.25) is 0 Å². The highest BCUT2D eigenvalue weighted by Gasteiger charge is 2.19. The van der Waals surface area contributed by atoms with E-state index >= 15 is 0 Å². The molecule has 4 rings (SSSR count). The van der Waals surface area contributed by atoms with Gasteiger partial charge < -0.3 is 10.4 Å². The minimum Gasteiger partial charge on any atom is -0.382 e. The van der Waals surface area contributed by atoms with E-state index in [-0.39, 0.29) is 10.7 Å². The second kappa shape index (κ2) is 10.3. The molecule has 0 unspecified atom stereocenters. The number of aliphatic hydroxyl groups excluding tert-OH is 1. The number of benzene rings is 3. The third-order valence-corrected chi connectivity index (χ3v) is 5.71. The van der Waals surface area contributed by atoms with Crippen LogP contribution in [0.3, 0.4) is 0 Å². The first kappa shape index (κ1) is 23.2. The Morgan fingerprint density at radius 3 is 2.12 bits per heavy atom. The van der Waals surface area contributed by atoms with E-state index in [1.807, 2.05) is 105 Å². The second-order valence-corrected chi connectivity index (χ2v) is 8.09. The molecule has 0 aliphatic carbocycles. The number of nitrogens with zero attached hydrogens (tertiary/aromatic N) is 3. The highest BCUT2D eigenvalue weighted by Crippen LogP contribution is 2.19. The van der Waals surface area contributed by atoms with E-state index in [1.165, 1.54) is 0 Å². The first-order chi connectivity index (χ1) is 16.5. The number of nitrogens with one attached hydrogen (secondary N) is 2. The van der Waals surface area contributed by atoms with Crippen molar-refractivity contribution in [3.05, 3.63) is 118 Å². The van der Waals surface area contributed by atoms with Crippen molar-refractivity contribution in [1.29, 1.82) is 0 Å². The summed E-state index contributed by atoms with van der Waals surface area (Å²) in [7, 11) is 1.81. The number of anilines is 1. The van der Waals surface area contributed by atoms with Gasteiger partial charge in [-0.1, -0.05) is 78.9 Å². The lowest BCUT2D eigenvalue weighted by molar-refractivity contribution is 0.247. The van der Waals surface area contributed by atoms with Crippen LogP contribution in [-0.2, 0) is 7.05 Å². The van der Waals surface area contributed by atoms with Crippen LogP contribution in [0.1, 0.15) is 22.9 Å². The Balaban J connectivity index is 1.60. The van der Waals surface area contributed by atoms with Crippen LogP contribution in [-0.4, -0.2) is 25.3 Å². The van der Waals surface area contributed by atoms with E-state index in [2.05, 4.69) is 15.8 Å². The number of aromatic nitrogens is 2. The zero-order valence-corrected chi connectivity index (χ0v) is 19.7. The number of aliphatic hydroxyl groups is 1. The van der Waals surface area contributed by atoms with Crippen LogP contribution < -0.4 is 16.3 Å². The molecule has 0 saturated carbocycles. The summed E-state index contributed by atoms with van der Waals surface area (Å²) < 4.78 is 3.33. The Hall–Kier alpha value is -4.01. The SMILES string of the molecule is Cc1c(NC(=S)N/N=C(/c2ccccc2)[C@H](O)c2ccccc2)c(=O)n(-c2ccccc2)n1C. The van der Waals surface area contributed by atoms with Crippen molar-refractivity contribution in [2.45, 2.75) is 13.0 Å². The van der Waals surface area contributed by atoms with E-state index in [9.17, 15) is 9.90 Å². The molecule has 1 aromatic heterocycles. The zero-order chi connectivity index (χ0) is 24.1. The predicted molar refractivity (Wildman–Crippen MR) is 139 cm³/mol. The number of rotatable bonds is 6. The summed E-state index contributed by atoms with van der Waals surface area (Å²) >= 11 is 5.43. The number of hydrogen-bond donors (Lipinski definition) is 3. The summed E-state index contributed by atoms with van der Waals surface area (Å²) in [5.74, 6) is 0. The smallest absolute Gasteiger partial charge is 0.295 e. The molecule has 3 aromatic carbocycles. The number of hydrogen-bond acceptors (Lipinski definition) is 4. The fraction of sp³-hybridized carbons (Fsp3) is 0.115. The van der Waals surface area contributed by atoms with Gasteiger partial charge in [-0.3, -0.25) is 14.9 Å².